The van der Waals surface area contributed by atoms with E-state index in [0.29, 0.717) is 22.9 Å². The fourth-order valence-electron chi connectivity index (χ4n) is 3.04. The van der Waals surface area contributed by atoms with Crippen molar-refractivity contribution in [2.45, 2.75) is 39.0 Å². The molecule has 0 aliphatic carbocycles. The van der Waals surface area contributed by atoms with E-state index in [1.54, 1.807) is 24.3 Å². The molecule has 2 aromatic rings. The van der Waals surface area contributed by atoms with Crippen molar-refractivity contribution >= 4 is 5.91 Å². The highest BCUT2D eigenvalue weighted by Crippen LogP contribution is 2.23. The SMILES string of the molecule is CC(C)c1noc(CC2CCN(C(=O)c3ccc(C#N)cc3)CC2)n1. The number of piperidine rings is 1. The number of rotatable bonds is 4. The van der Waals surface area contributed by atoms with E-state index in [-0.39, 0.29) is 11.8 Å². The van der Waals surface area contributed by atoms with Gasteiger partial charge < -0.3 is 9.42 Å². The molecule has 1 aliphatic rings. The first-order valence-corrected chi connectivity index (χ1v) is 8.68. The number of nitriles is 1. The van der Waals surface area contributed by atoms with Gasteiger partial charge in [0.25, 0.3) is 5.91 Å². The van der Waals surface area contributed by atoms with Gasteiger partial charge >= 0.3 is 0 Å². The highest BCUT2D eigenvalue weighted by Gasteiger charge is 2.25. The van der Waals surface area contributed by atoms with Crippen molar-refractivity contribution in [2.75, 3.05) is 13.1 Å². The van der Waals surface area contributed by atoms with Gasteiger partial charge in [0.1, 0.15) is 0 Å². The molecule has 0 unspecified atom stereocenters. The fourth-order valence-corrected chi connectivity index (χ4v) is 3.04. The van der Waals surface area contributed by atoms with Crippen molar-refractivity contribution in [1.82, 2.24) is 15.0 Å². The van der Waals surface area contributed by atoms with Gasteiger partial charge in [-0.2, -0.15) is 10.2 Å². The molecule has 25 heavy (non-hydrogen) atoms. The average molecular weight is 338 g/mol. The van der Waals surface area contributed by atoms with Crippen LogP contribution in [-0.4, -0.2) is 34.0 Å². The molecule has 6 nitrogen and oxygen atoms in total. The third-order valence-electron chi connectivity index (χ3n) is 4.63. The number of carbonyl (C=O) groups excluding carboxylic acids is 1. The van der Waals surface area contributed by atoms with Gasteiger partial charge in [-0.25, -0.2) is 0 Å². The molecular formula is C19H22N4O2. The van der Waals surface area contributed by atoms with Crippen LogP contribution in [0.2, 0.25) is 0 Å². The number of aromatic nitrogens is 2. The summed E-state index contributed by atoms with van der Waals surface area (Å²) >= 11 is 0. The zero-order chi connectivity index (χ0) is 17.8. The molecule has 2 heterocycles. The smallest absolute Gasteiger partial charge is 0.253 e. The van der Waals surface area contributed by atoms with Crippen LogP contribution in [0.4, 0.5) is 0 Å². The Labute approximate surface area is 147 Å². The van der Waals surface area contributed by atoms with Gasteiger partial charge in [-0.15, -0.1) is 0 Å². The molecule has 6 heteroatoms. The van der Waals surface area contributed by atoms with Crippen molar-refractivity contribution in [3.8, 4) is 6.07 Å². The quantitative estimate of drug-likeness (QED) is 0.855. The Hall–Kier alpha value is -2.68. The topological polar surface area (TPSA) is 83.0 Å². The summed E-state index contributed by atoms with van der Waals surface area (Å²) < 4.78 is 5.33. The van der Waals surface area contributed by atoms with E-state index in [0.717, 1.165) is 38.2 Å². The summed E-state index contributed by atoms with van der Waals surface area (Å²) in [6, 6.07) is 8.87. The van der Waals surface area contributed by atoms with Crippen molar-refractivity contribution in [2.24, 2.45) is 5.92 Å². The summed E-state index contributed by atoms with van der Waals surface area (Å²) in [7, 11) is 0. The van der Waals surface area contributed by atoms with Gasteiger partial charge in [0.2, 0.25) is 5.89 Å². The van der Waals surface area contributed by atoms with Crippen molar-refractivity contribution < 1.29 is 9.32 Å². The Morgan fingerprint density at radius 1 is 1.32 bits per heavy atom. The lowest BCUT2D eigenvalue weighted by Crippen LogP contribution is -2.38. The molecule has 3 rings (SSSR count). The number of carbonyl (C=O) groups is 1. The molecular weight excluding hydrogens is 316 g/mol. The Morgan fingerprint density at radius 3 is 2.56 bits per heavy atom. The van der Waals surface area contributed by atoms with Crippen molar-refractivity contribution in [1.29, 1.82) is 5.26 Å². The third-order valence-corrected chi connectivity index (χ3v) is 4.63. The Bertz CT molecular complexity index is 765. The molecule has 0 spiro atoms. The molecule has 1 aromatic heterocycles. The van der Waals surface area contributed by atoms with Gasteiger partial charge in [0, 0.05) is 31.0 Å². The van der Waals surface area contributed by atoms with E-state index in [9.17, 15) is 4.79 Å². The van der Waals surface area contributed by atoms with E-state index < -0.39 is 0 Å². The van der Waals surface area contributed by atoms with Crippen LogP contribution in [0.15, 0.2) is 28.8 Å². The maximum absolute atomic E-state index is 12.5. The largest absolute Gasteiger partial charge is 0.339 e. The minimum absolute atomic E-state index is 0.0304. The monoisotopic (exact) mass is 338 g/mol. The molecule has 1 aliphatic heterocycles. The number of hydrogen-bond acceptors (Lipinski definition) is 5. The first kappa shape index (κ1) is 17.2. The van der Waals surface area contributed by atoms with Crippen molar-refractivity contribution in [3.05, 3.63) is 47.1 Å². The highest BCUT2D eigenvalue weighted by molar-refractivity contribution is 5.94. The van der Waals surface area contributed by atoms with Gasteiger partial charge in [0.05, 0.1) is 11.6 Å². The average Bonchev–Trinajstić information content (AvgIpc) is 3.11. The number of likely N-dealkylation sites (tertiary alicyclic amines) is 1. The molecule has 0 N–H and O–H groups in total. The molecule has 1 aromatic carbocycles. The Morgan fingerprint density at radius 2 is 2.00 bits per heavy atom. The van der Waals surface area contributed by atoms with Crippen LogP contribution in [0.3, 0.4) is 0 Å². The molecule has 130 valence electrons. The fraction of sp³-hybridized carbons (Fsp3) is 0.474. The summed E-state index contributed by atoms with van der Waals surface area (Å²) in [6.07, 6.45) is 2.64. The standard InChI is InChI=1S/C19H22N4O2/c1-13(2)18-21-17(25-22-18)11-14-7-9-23(10-8-14)19(24)16-5-3-15(12-20)4-6-16/h3-6,13-14H,7-11H2,1-2H3. The predicted octanol–water partition coefficient (Wildman–Crippen LogP) is 3.16. The summed E-state index contributed by atoms with van der Waals surface area (Å²) in [5.74, 6) is 2.21. The molecule has 0 atom stereocenters. The number of benzene rings is 1. The van der Waals surface area contributed by atoms with Crippen LogP contribution < -0.4 is 0 Å². The van der Waals surface area contributed by atoms with Crippen LogP contribution in [0.1, 0.15) is 60.2 Å². The first-order valence-electron chi connectivity index (χ1n) is 8.68. The lowest BCUT2D eigenvalue weighted by atomic mass is 9.93. The second-order valence-electron chi connectivity index (χ2n) is 6.83. The minimum atomic E-state index is 0.0304. The summed E-state index contributed by atoms with van der Waals surface area (Å²) in [5.41, 5.74) is 1.20. The predicted molar refractivity (Wildman–Crippen MR) is 91.9 cm³/mol. The number of hydrogen-bond donors (Lipinski definition) is 0. The Balaban J connectivity index is 1.53. The van der Waals surface area contributed by atoms with Crippen LogP contribution in [0, 0.1) is 17.2 Å². The van der Waals surface area contributed by atoms with Gasteiger partial charge in [-0.1, -0.05) is 19.0 Å². The minimum Gasteiger partial charge on any atom is -0.339 e. The molecule has 0 bridgehead atoms. The van der Waals surface area contributed by atoms with E-state index in [1.807, 2.05) is 18.7 Å². The molecule has 0 saturated carbocycles. The molecule has 1 amide bonds. The van der Waals surface area contributed by atoms with E-state index in [4.69, 9.17) is 9.78 Å². The zero-order valence-electron chi connectivity index (χ0n) is 14.6. The summed E-state index contributed by atoms with van der Waals surface area (Å²) in [4.78, 5) is 18.9. The number of nitrogens with zero attached hydrogens (tertiary/aromatic N) is 4. The third kappa shape index (κ3) is 4.05. The normalized spacial score (nSPS) is 15.4. The van der Waals surface area contributed by atoms with E-state index in [1.165, 1.54) is 0 Å². The van der Waals surface area contributed by atoms with Crippen molar-refractivity contribution in [3.63, 3.8) is 0 Å². The lowest BCUT2D eigenvalue weighted by Gasteiger charge is -2.31. The summed E-state index contributed by atoms with van der Waals surface area (Å²) in [6.45, 7) is 5.55. The molecule has 1 fully saturated rings. The second-order valence-corrected chi connectivity index (χ2v) is 6.83. The van der Waals surface area contributed by atoms with Crippen LogP contribution in [0.5, 0.6) is 0 Å². The van der Waals surface area contributed by atoms with E-state index >= 15 is 0 Å². The molecule has 1 saturated heterocycles. The van der Waals surface area contributed by atoms with E-state index in [2.05, 4.69) is 16.2 Å². The first-order chi connectivity index (χ1) is 12.1. The second kappa shape index (κ2) is 7.47. The highest BCUT2D eigenvalue weighted by atomic mass is 16.5. The van der Waals surface area contributed by atoms with Crippen LogP contribution >= 0.6 is 0 Å². The Kier molecular flexibility index (Phi) is 5.13. The van der Waals surface area contributed by atoms with Crippen LogP contribution in [0.25, 0.3) is 0 Å². The maximum Gasteiger partial charge on any atom is 0.253 e. The van der Waals surface area contributed by atoms with Crippen LogP contribution in [-0.2, 0) is 6.42 Å². The van der Waals surface area contributed by atoms with Gasteiger partial charge in [-0.05, 0) is 43.0 Å². The zero-order valence-corrected chi connectivity index (χ0v) is 14.6. The summed E-state index contributed by atoms with van der Waals surface area (Å²) in [5, 5.41) is 12.8. The maximum atomic E-state index is 12.5. The van der Waals surface area contributed by atoms with Gasteiger partial charge in [0.15, 0.2) is 5.82 Å². The lowest BCUT2D eigenvalue weighted by molar-refractivity contribution is 0.0687. The van der Waals surface area contributed by atoms with Gasteiger partial charge in [-0.3, -0.25) is 4.79 Å². The molecule has 0 radical (unpaired) electrons. The number of amides is 1.